The van der Waals surface area contributed by atoms with Crippen LogP contribution in [0.4, 0.5) is 5.95 Å². The lowest BCUT2D eigenvalue weighted by molar-refractivity contribution is -0.246. The van der Waals surface area contributed by atoms with Crippen LogP contribution in [0, 0.1) is 0 Å². The van der Waals surface area contributed by atoms with Crippen molar-refractivity contribution >= 4 is 51.8 Å². The average molecular weight is 614 g/mol. The molecule has 5 atom stereocenters. The first-order valence-electron chi connectivity index (χ1n) is 10.9. The van der Waals surface area contributed by atoms with Crippen LogP contribution < -0.4 is 16.9 Å². The van der Waals surface area contributed by atoms with Gasteiger partial charge in [0.15, 0.2) is 17.4 Å². The number of phosphoric ester groups is 1. The van der Waals surface area contributed by atoms with Gasteiger partial charge in [0.1, 0.15) is 36.3 Å². The van der Waals surface area contributed by atoms with Gasteiger partial charge in [0, 0.05) is 17.5 Å². The van der Waals surface area contributed by atoms with Crippen molar-refractivity contribution in [3.63, 3.8) is 0 Å². The fraction of sp³-hybridized carbons (Fsp3) is 0.300. The molecular weight excluding hydrogens is 597 g/mol. The van der Waals surface area contributed by atoms with Crippen molar-refractivity contribution in [2.45, 2.75) is 31.1 Å². The molecule has 1 aromatic carbocycles. The van der Waals surface area contributed by atoms with E-state index in [1.165, 1.54) is 23.0 Å². The normalized spacial score (nSPS) is 27.2. The summed E-state index contributed by atoms with van der Waals surface area (Å²) >= 11 is 3.18. The van der Waals surface area contributed by atoms with Crippen molar-refractivity contribution < 1.29 is 42.5 Å². The molecule has 5 heterocycles. The molecule has 0 spiro atoms. The number of nitrogens with zero attached hydrogens (tertiary/aromatic N) is 3. The number of benzene rings is 1. The van der Waals surface area contributed by atoms with E-state index in [0.29, 0.717) is 15.4 Å². The van der Waals surface area contributed by atoms with E-state index >= 15 is 0 Å². The Hall–Kier alpha value is -3.15. The van der Waals surface area contributed by atoms with Crippen LogP contribution in [0.1, 0.15) is 11.8 Å². The summed E-state index contributed by atoms with van der Waals surface area (Å²) in [6.45, 7) is -0.653. The Kier molecular flexibility index (Phi) is 6.12. The van der Waals surface area contributed by atoms with Gasteiger partial charge < -0.3 is 25.1 Å². The second kappa shape index (κ2) is 9.25. The second-order valence-electron chi connectivity index (χ2n) is 8.37. The number of rotatable bonds is 5. The lowest BCUT2D eigenvalue weighted by Gasteiger charge is -2.29. The number of phenols is 1. The number of aromatic nitrogens is 4. The molecule has 2 aliphatic rings. The third-order valence-electron chi connectivity index (χ3n) is 5.94. The van der Waals surface area contributed by atoms with Crippen LogP contribution in [0.2, 0.25) is 0 Å². The Balaban J connectivity index is 1.17. The smallest absolute Gasteiger partial charge is 0.502 e. The van der Waals surface area contributed by atoms with E-state index in [2.05, 4.69) is 30.9 Å². The third-order valence-corrected chi connectivity index (χ3v) is 7.83. The number of H-pyrrole nitrogens is 1. The summed E-state index contributed by atoms with van der Waals surface area (Å²) in [5.41, 5.74) is 4.79. The molecule has 0 saturated carbocycles. The standard InChI is InChI=1S/C20H17BrN5O11P/c21-9-2-8-7(1-13(28)34-11(8)3-10(9)27)4-32-37-38(31)33-5-12-16(36-38)15(29)19(35-12)26-6-23-14-17(26)24-20(22)25-18(14)30/h1-3,6,12,15-16,19,27,29H,4-5H2,(H3,22,24,25,30)/t12-,15-,16-,19-,38?/m1/s1. The number of phosphoric acid groups is 1. The van der Waals surface area contributed by atoms with Crippen LogP contribution in [0.15, 0.2) is 43.0 Å². The van der Waals surface area contributed by atoms with E-state index in [9.17, 15) is 24.4 Å². The molecule has 0 radical (unpaired) electrons. The van der Waals surface area contributed by atoms with Crippen LogP contribution in [0.3, 0.4) is 0 Å². The van der Waals surface area contributed by atoms with E-state index in [0.717, 1.165) is 6.07 Å². The fourth-order valence-electron chi connectivity index (χ4n) is 4.24. The quantitative estimate of drug-likeness (QED) is 0.107. The number of nitrogens with one attached hydrogen (secondary N) is 1. The van der Waals surface area contributed by atoms with Crippen LogP contribution in [0.25, 0.3) is 22.1 Å². The van der Waals surface area contributed by atoms with Crippen molar-refractivity contribution in [1.82, 2.24) is 19.5 Å². The molecule has 1 unspecified atom stereocenters. The topological polar surface area (TPSA) is 223 Å². The number of hydrogen-bond donors (Lipinski definition) is 4. The number of aliphatic hydroxyl groups is 1. The van der Waals surface area contributed by atoms with Crippen LogP contribution >= 0.6 is 23.8 Å². The molecule has 38 heavy (non-hydrogen) atoms. The largest absolute Gasteiger partial charge is 0.507 e. The number of imidazole rings is 1. The first-order valence-corrected chi connectivity index (χ1v) is 13.1. The zero-order chi connectivity index (χ0) is 26.8. The molecular formula is C20H17BrN5O11P. The van der Waals surface area contributed by atoms with Gasteiger partial charge in [-0.05, 0) is 27.6 Å². The van der Waals surface area contributed by atoms with Crippen LogP contribution in [0.5, 0.6) is 5.75 Å². The summed E-state index contributed by atoms with van der Waals surface area (Å²) in [4.78, 5) is 39.4. The summed E-state index contributed by atoms with van der Waals surface area (Å²) in [5, 5.41) is 21.2. The Bertz CT molecular complexity index is 1740. The van der Waals surface area contributed by atoms with Crippen LogP contribution in [-0.2, 0) is 34.5 Å². The van der Waals surface area contributed by atoms with E-state index in [1.807, 2.05) is 0 Å². The van der Waals surface area contributed by atoms with Gasteiger partial charge in [0.25, 0.3) is 5.56 Å². The highest BCUT2D eigenvalue weighted by atomic mass is 79.9. The number of fused-ring (bicyclic) bond motifs is 3. The second-order valence-corrected chi connectivity index (χ2v) is 10.7. The summed E-state index contributed by atoms with van der Waals surface area (Å²) in [6.07, 6.45) is -3.29. The summed E-state index contributed by atoms with van der Waals surface area (Å²) in [5.74, 6) is -0.291. The predicted octanol–water partition coefficient (Wildman–Crippen LogP) is 1.21. The number of aromatic amines is 1. The van der Waals surface area contributed by atoms with Gasteiger partial charge >= 0.3 is 13.4 Å². The van der Waals surface area contributed by atoms with Gasteiger partial charge in [-0.2, -0.15) is 4.98 Å². The maximum atomic E-state index is 13.1. The number of halogens is 1. The highest BCUT2D eigenvalue weighted by molar-refractivity contribution is 9.10. The fourth-order valence-corrected chi connectivity index (χ4v) is 5.79. The van der Waals surface area contributed by atoms with Gasteiger partial charge in [-0.15, -0.1) is 4.67 Å². The first kappa shape index (κ1) is 25.1. The molecule has 3 aromatic heterocycles. The molecule has 0 amide bonds. The number of aliphatic hydroxyl groups excluding tert-OH is 1. The summed E-state index contributed by atoms with van der Waals surface area (Å²) in [7, 11) is -4.34. The number of phenolic OH excluding ortho intramolecular Hbond substituents is 1. The SMILES string of the molecule is Nc1nc2c(ncn2[C@@H]2O[C@@H]3COP(=O)(OOCc4cc(=O)oc5cc(O)c(Br)cc45)O[C@H]3[C@H]2O)c(=O)[nH]1. The maximum absolute atomic E-state index is 13.1. The van der Waals surface area contributed by atoms with Crippen molar-refractivity contribution in [3.05, 3.63) is 55.3 Å². The monoisotopic (exact) mass is 613 g/mol. The number of anilines is 1. The van der Waals surface area contributed by atoms with Crippen molar-refractivity contribution in [3.8, 4) is 5.75 Å². The van der Waals surface area contributed by atoms with E-state index in [-0.39, 0.29) is 41.7 Å². The van der Waals surface area contributed by atoms with Gasteiger partial charge in [-0.1, -0.05) is 0 Å². The average Bonchev–Trinajstić information content (AvgIpc) is 3.41. The Morgan fingerprint density at radius 3 is 2.95 bits per heavy atom. The number of aromatic hydroxyl groups is 1. The molecule has 6 rings (SSSR count). The molecule has 0 bridgehead atoms. The molecule has 18 heteroatoms. The number of hydrogen-bond acceptors (Lipinski definition) is 14. The maximum Gasteiger partial charge on any atom is 0.502 e. The Labute approximate surface area is 218 Å². The predicted molar refractivity (Wildman–Crippen MR) is 129 cm³/mol. The van der Waals surface area contributed by atoms with Crippen molar-refractivity contribution in [2.24, 2.45) is 0 Å². The third kappa shape index (κ3) is 4.32. The molecule has 5 N–H and O–H groups in total. The van der Waals surface area contributed by atoms with Crippen molar-refractivity contribution in [1.29, 1.82) is 0 Å². The molecule has 2 saturated heterocycles. The minimum absolute atomic E-state index is 0.0193. The molecule has 16 nitrogen and oxygen atoms in total. The zero-order valence-electron chi connectivity index (χ0n) is 18.8. The van der Waals surface area contributed by atoms with Gasteiger partial charge in [-0.25, -0.2) is 19.2 Å². The van der Waals surface area contributed by atoms with Crippen LogP contribution in [-0.4, -0.2) is 54.7 Å². The Morgan fingerprint density at radius 1 is 1.32 bits per heavy atom. The summed E-state index contributed by atoms with van der Waals surface area (Å²) < 4.78 is 41.2. The van der Waals surface area contributed by atoms with E-state index < -0.39 is 43.5 Å². The highest BCUT2D eigenvalue weighted by Gasteiger charge is 2.54. The lowest BCUT2D eigenvalue weighted by Crippen LogP contribution is -2.39. The highest BCUT2D eigenvalue weighted by Crippen LogP contribution is 2.57. The summed E-state index contributed by atoms with van der Waals surface area (Å²) in [6, 6.07) is 3.90. The van der Waals surface area contributed by atoms with E-state index in [1.54, 1.807) is 0 Å². The van der Waals surface area contributed by atoms with Crippen molar-refractivity contribution in [2.75, 3.05) is 12.3 Å². The van der Waals surface area contributed by atoms with E-state index in [4.69, 9.17) is 33.5 Å². The molecule has 2 fully saturated rings. The number of nitrogens with two attached hydrogens (primary N) is 1. The zero-order valence-corrected chi connectivity index (χ0v) is 21.3. The Morgan fingerprint density at radius 2 is 2.13 bits per heavy atom. The minimum Gasteiger partial charge on any atom is -0.507 e. The van der Waals surface area contributed by atoms with Gasteiger partial charge in [0.2, 0.25) is 5.95 Å². The molecule has 0 aliphatic carbocycles. The van der Waals surface area contributed by atoms with Gasteiger partial charge in [-0.3, -0.25) is 23.4 Å². The molecule has 2 aliphatic heterocycles. The minimum atomic E-state index is -4.34. The van der Waals surface area contributed by atoms with Gasteiger partial charge in [0.05, 0.1) is 17.4 Å². The number of ether oxygens (including phenoxy) is 1. The first-order chi connectivity index (χ1) is 18.1. The molecule has 200 valence electrons. The number of nitrogen functional groups attached to an aromatic ring is 1. The lowest BCUT2D eigenvalue weighted by atomic mass is 10.1. The molecule has 4 aromatic rings.